The monoisotopic (exact) mass is 290 g/mol. The summed E-state index contributed by atoms with van der Waals surface area (Å²) in [6, 6.07) is 17.0. The zero-order valence-corrected chi connectivity index (χ0v) is 12.8. The van der Waals surface area contributed by atoms with Gasteiger partial charge in [0.2, 0.25) is 0 Å². The molecule has 2 aromatic carbocycles. The standard InChI is InChI=1S/C20H18O2/c1-14(2)7-8-15-9-11-16(12-10-15)20-13-18(21)17-5-3-4-6-19(17)22-20/h3-7,9-13H,8H2,1-2H3. The highest BCUT2D eigenvalue weighted by molar-refractivity contribution is 5.78. The number of hydrogen-bond acceptors (Lipinski definition) is 2. The Morgan fingerprint density at radius 3 is 2.50 bits per heavy atom. The van der Waals surface area contributed by atoms with Crippen molar-refractivity contribution in [2.45, 2.75) is 20.3 Å². The number of benzene rings is 2. The van der Waals surface area contributed by atoms with Crippen LogP contribution in [0.4, 0.5) is 0 Å². The molecule has 2 nitrogen and oxygen atoms in total. The van der Waals surface area contributed by atoms with Crippen molar-refractivity contribution in [1.82, 2.24) is 0 Å². The molecule has 0 spiro atoms. The van der Waals surface area contributed by atoms with Crippen LogP contribution in [0.1, 0.15) is 19.4 Å². The molecule has 0 aliphatic heterocycles. The van der Waals surface area contributed by atoms with E-state index in [1.807, 2.05) is 30.3 Å². The first-order valence-corrected chi connectivity index (χ1v) is 7.39. The van der Waals surface area contributed by atoms with Crippen LogP contribution in [0.3, 0.4) is 0 Å². The van der Waals surface area contributed by atoms with Crippen LogP contribution in [0.2, 0.25) is 0 Å². The van der Waals surface area contributed by atoms with Gasteiger partial charge in [-0.15, -0.1) is 0 Å². The molecule has 1 aromatic heterocycles. The molecule has 0 aliphatic carbocycles. The van der Waals surface area contributed by atoms with Crippen molar-refractivity contribution in [3.63, 3.8) is 0 Å². The SMILES string of the molecule is CC(C)=CCc1ccc(-c2cc(=O)c3ccccc3o2)cc1. The minimum atomic E-state index is -0.00883. The van der Waals surface area contributed by atoms with E-state index in [4.69, 9.17) is 4.42 Å². The van der Waals surface area contributed by atoms with Gasteiger partial charge in [0.1, 0.15) is 11.3 Å². The van der Waals surface area contributed by atoms with Crippen LogP contribution < -0.4 is 5.43 Å². The highest BCUT2D eigenvalue weighted by atomic mass is 16.3. The van der Waals surface area contributed by atoms with Crippen molar-refractivity contribution in [2.75, 3.05) is 0 Å². The number of hydrogen-bond donors (Lipinski definition) is 0. The maximum atomic E-state index is 12.1. The van der Waals surface area contributed by atoms with E-state index in [1.54, 1.807) is 12.1 Å². The lowest BCUT2D eigenvalue weighted by Crippen LogP contribution is -1.99. The zero-order chi connectivity index (χ0) is 15.5. The molecule has 0 saturated heterocycles. The van der Waals surface area contributed by atoms with Crippen molar-refractivity contribution in [3.8, 4) is 11.3 Å². The number of para-hydroxylation sites is 1. The largest absolute Gasteiger partial charge is 0.456 e. The maximum Gasteiger partial charge on any atom is 0.193 e. The molecular weight excluding hydrogens is 272 g/mol. The van der Waals surface area contributed by atoms with E-state index in [1.165, 1.54) is 11.1 Å². The molecule has 3 rings (SSSR count). The lowest BCUT2D eigenvalue weighted by Gasteiger charge is -2.04. The van der Waals surface area contributed by atoms with Crippen LogP contribution in [0.25, 0.3) is 22.3 Å². The fourth-order valence-corrected chi connectivity index (χ4v) is 2.37. The summed E-state index contributed by atoms with van der Waals surface area (Å²) in [6.07, 6.45) is 3.12. The average Bonchev–Trinajstić information content (AvgIpc) is 2.53. The normalized spacial score (nSPS) is 10.6. The van der Waals surface area contributed by atoms with Crippen molar-refractivity contribution >= 4 is 11.0 Å². The molecule has 0 bridgehead atoms. The lowest BCUT2D eigenvalue weighted by atomic mass is 10.1. The van der Waals surface area contributed by atoms with E-state index < -0.39 is 0 Å². The Morgan fingerprint density at radius 2 is 1.77 bits per heavy atom. The molecular formula is C20H18O2. The quantitative estimate of drug-likeness (QED) is 0.638. The second-order valence-electron chi connectivity index (χ2n) is 5.65. The first kappa shape index (κ1) is 14.3. The minimum Gasteiger partial charge on any atom is -0.456 e. The predicted octanol–water partition coefficient (Wildman–Crippen LogP) is 4.97. The summed E-state index contributed by atoms with van der Waals surface area (Å²) in [5.74, 6) is 0.609. The van der Waals surface area contributed by atoms with E-state index >= 15 is 0 Å². The van der Waals surface area contributed by atoms with Crippen LogP contribution in [-0.2, 0) is 6.42 Å². The molecule has 0 unspecified atom stereocenters. The van der Waals surface area contributed by atoms with Crippen molar-refractivity contribution in [2.24, 2.45) is 0 Å². The molecule has 0 amide bonds. The first-order chi connectivity index (χ1) is 10.6. The molecule has 0 radical (unpaired) electrons. The smallest absolute Gasteiger partial charge is 0.193 e. The van der Waals surface area contributed by atoms with Gasteiger partial charge in [-0.05, 0) is 38.0 Å². The predicted molar refractivity (Wildman–Crippen MR) is 91.1 cm³/mol. The van der Waals surface area contributed by atoms with Gasteiger partial charge in [0.15, 0.2) is 5.43 Å². The minimum absolute atomic E-state index is 0.00883. The summed E-state index contributed by atoms with van der Waals surface area (Å²) in [7, 11) is 0. The molecule has 0 fully saturated rings. The number of allylic oxidation sites excluding steroid dienone is 2. The fraction of sp³-hybridized carbons (Fsp3) is 0.150. The van der Waals surface area contributed by atoms with Gasteiger partial charge < -0.3 is 4.42 Å². The van der Waals surface area contributed by atoms with Crippen molar-refractivity contribution in [1.29, 1.82) is 0 Å². The Bertz CT molecular complexity index is 879. The molecule has 22 heavy (non-hydrogen) atoms. The van der Waals surface area contributed by atoms with E-state index in [0.717, 1.165) is 12.0 Å². The highest BCUT2D eigenvalue weighted by Crippen LogP contribution is 2.22. The third-order valence-electron chi connectivity index (χ3n) is 3.62. The van der Waals surface area contributed by atoms with E-state index in [9.17, 15) is 4.79 Å². The first-order valence-electron chi connectivity index (χ1n) is 7.39. The van der Waals surface area contributed by atoms with Crippen LogP contribution >= 0.6 is 0 Å². The van der Waals surface area contributed by atoms with E-state index in [2.05, 4.69) is 32.1 Å². The summed E-state index contributed by atoms with van der Waals surface area (Å²) in [5, 5.41) is 0.617. The van der Waals surface area contributed by atoms with Crippen molar-refractivity contribution < 1.29 is 4.42 Å². The Hall–Kier alpha value is -2.61. The zero-order valence-electron chi connectivity index (χ0n) is 12.8. The fourth-order valence-electron chi connectivity index (χ4n) is 2.37. The van der Waals surface area contributed by atoms with E-state index in [0.29, 0.717) is 16.7 Å². The molecule has 3 aromatic rings. The summed E-state index contributed by atoms with van der Waals surface area (Å²) >= 11 is 0. The summed E-state index contributed by atoms with van der Waals surface area (Å²) in [5.41, 5.74) is 4.09. The summed E-state index contributed by atoms with van der Waals surface area (Å²) < 4.78 is 5.85. The van der Waals surface area contributed by atoms with Gasteiger partial charge in [-0.2, -0.15) is 0 Å². The molecule has 2 heteroatoms. The Labute approximate surface area is 129 Å². The van der Waals surface area contributed by atoms with Crippen LogP contribution in [0, 0.1) is 0 Å². The molecule has 0 saturated carbocycles. The van der Waals surface area contributed by atoms with Gasteiger partial charge in [0.05, 0.1) is 5.39 Å². The lowest BCUT2D eigenvalue weighted by molar-refractivity contribution is 0.619. The summed E-state index contributed by atoms with van der Waals surface area (Å²) in [4.78, 5) is 12.1. The molecule has 0 N–H and O–H groups in total. The van der Waals surface area contributed by atoms with Gasteiger partial charge in [0, 0.05) is 11.6 Å². The Balaban J connectivity index is 1.97. The maximum absolute atomic E-state index is 12.1. The van der Waals surface area contributed by atoms with Gasteiger partial charge in [-0.3, -0.25) is 4.79 Å². The van der Waals surface area contributed by atoms with Crippen LogP contribution in [0.15, 0.2) is 75.5 Å². The molecule has 0 aliphatic rings. The van der Waals surface area contributed by atoms with Crippen LogP contribution in [0.5, 0.6) is 0 Å². The molecule has 110 valence electrons. The highest BCUT2D eigenvalue weighted by Gasteiger charge is 2.06. The third kappa shape index (κ3) is 3.01. The molecule has 1 heterocycles. The third-order valence-corrected chi connectivity index (χ3v) is 3.62. The number of rotatable bonds is 3. The topological polar surface area (TPSA) is 30.2 Å². The van der Waals surface area contributed by atoms with Gasteiger partial charge in [-0.25, -0.2) is 0 Å². The second-order valence-corrected chi connectivity index (χ2v) is 5.65. The van der Waals surface area contributed by atoms with E-state index in [-0.39, 0.29) is 5.43 Å². The average molecular weight is 290 g/mol. The second kappa shape index (κ2) is 6.02. The number of fused-ring (bicyclic) bond motifs is 1. The van der Waals surface area contributed by atoms with Gasteiger partial charge in [0.25, 0.3) is 0 Å². The van der Waals surface area contributed by atoms with Gasteiger partial charge >= 0.3 is 0 Å². The summed E-state index contributed by atoms with van der Waals surface area (Å²) in [6.45, 7) is 4.19. The van der Waals surface area contributed by atoms with Crippen LogP contribution in [-0.4, -0.2) is 0 Å². The Kier molecular flexibility index (Phi) is 3.92. The molecule has 0 atom stereocenters. The Morgan fingerprint density at radius 1 is 1.05 bits per heavy atom. The van der Waals surface area contributed by atoms with Crippen molar-refractivity contribution in [3.05, 3.63) is 82.0 Å². The van der Waals surface area contributed by atoms with Gasteiger partial charge in [-0.1, -0.05) is 48.0 Å².